The van der Waals surface area contributed by atoms with Gasteiger partial charge >= 0.3 is 0 Å². The SMILES string of the molecule is COc1cccc(C2CC(NC(C)c3nc(C)cs3)C2)c1. The highest BCUT2D eigenvalue weighted by Gasteiger charge is 2.31. The van der Waals surface area contributed by atoms with E-state index in [1.165, 1.54) is 23.4 Å². The highest BCUT2D eigenvalue weighted by Crippen LogP contribution is 2.39. The van der Waals surface area contributed by atoms with Crippen LogP contribution >= 0.6 is 11.3 Å². The van der Waals surface area contributed by atoms with Crippen molar-refractivity contribution in [3.8, 4) is 5.75 Å². The van der Waals surface area contributed by atoms with Crippen molar-refractivity contribution in [3.05, 3.63) is 45.9 Å². The molecule has 2 aromatic rings. The van der Waals surface area contributed by atoms with Gasteiger partial charge in [0.05, 0.1) is 13.2 Å². The maximum absolute atomic E-state index is 5.30. The first-order valence-corrected chi connectivity index (χ1v) is 8.35. The number of hydrogen-bond donors (Lipinski definition) is 1. The summed E-state index contributed by atoms with van der Waals surface area (Å²) in [6, 6.07) is 9.40. The fourth-order valence-electron chi connectivity index (χ4n) is 2.92. The lowest BCUT2D eigenvalue weighted by Gasteiger charge is -2.38. The summed E-state index contributed by atoms with van der Waals surface area (Å²) in [4.78, 5) is 4.56. The predicted molar refractivity (Wildman–Crippen MR) is 87.2 cm³/mol. The minimum atomic E-state index is 0.347. The van der Waals surface area contributed by atoms with Crippen molar-refractivity contribution in [2.75, 3.05) is 7.11 Å². The molecule has 3 rings (SSSR count). The monoisotopic (exact) mass is 302 g/mol. The molecule has 1 unspecified atom stereocenters. The average Bonchev–Trinajstić information content (AvgIpc) is 2.89. The highest BCUT2D eigenvalue weighted by atomic mass is 32.1. The van der Waals surface area contributed by atoms with Crippen molar-refractivity contribution < 1.29 is 4.74 Å². The molecular formula is C17H22N2OS. The Bertz CT molecular complexity index is 604. The molecule has 0 aliphatic heterocycles. The van der Waals surface area contributed by atoms with Crippen molar-refractivity contribution >= 4 is 11.3 Å². The lowest BCUT2D eigenvalue weighted by molar-refractivity contribution is 0.270. The van der Waals surface area contributed by atoms with Gasteiger partial charge in [0, 0.05) is 17.1 Å². The number of aryl methyl sites for hydroxylation is 1. The van der Waals surface area contributed by atoms with E-state index in [4.69, 9.17) is 4.74 Å². The van der Waals surface area contributed by atoms with Gasteiger partial charge in [-0.1, -0.05) is 12.1 Å². The number of rotatable bonds is 5. The Morgan fingerprint density at radius 1 is 1.38 bits per heavy atom. The molecule has 1 aromatic carbocycles. The molecule has 21 heavy (non-hydrogen) atoms. The number of ether oxygens (including phenoxy) is 1. The third-order valence-corrected chi connectivity index (χ3v) is 5.34. The maximum atomic E-state index is 5.30. The summed E-state index contributed by atoms with van der Waals surface area (Å²) in [7, 11) is 1.72. The first kappa shape index (κ1) is 14.5. The van der Waals surface area contributed by atoms with Crippen LogP contribution in [-0.2, 0) is 0 Å². The molecule has 4 heteroatoms. The van der Waals surface area contributed by atoms with Gasteiger partial charge in [0.15, 0.2) is 0 Å². The molecule has 0 amide bonds. The highest BCUT2D eigenvalue weighted by molar-refractivity contribution is 7.09. The Morgan fingerprint density at radius 3 is 2.86 bits per heavy atom. The zero-order valence-electron chi connectivity index (χ0n) is 12.8. The minimum Gasteiger partial charge on any atom is -0.497 e. The molecule has 1 N–H and O–H groups in total. The molecule has 0 bridgehead atoms. The fraction of sp³-hybridized carbons (Fsp3) is 0.471. The first-order valence-electron chi connectivity index (χ1n) is 7.47. The summed E-state index contributed by atoms with van der Waals surface area (Å²) in [5.74, 6) is 1.61. The zero-order chi connectivity index (χ0) is 14.8. The third-order valence-electron chi connectivity index (χ3n) is 4.20. The summed E-state index contributed by atoms with van der Waals surface area (Å²) >= 11 is 1.75. The van der Waals surface area contributed by atoms with E-state index in [2.05, 4.69) is 47.7 Å². The molecule has 1 atom stereocenters. The molecule has 1 heterocycles. The number of methoxy groups -OCH3 is 1. The summed E-state index contributed by atoms with van der Waals surface area (Å²) < 4.78 is 5.30. The number of nitrogens with one attached hydrogen (secondary N) is 1. The van der Waals surface area contributed by atoms with Crippen LogP contribution in [0.2, 0.25) is 0 Å². The van der Waals surface area contributed by atoms with Crippen LogP contribution in [0.4, 0.5) is 0 Å². The number of thiazole rings is 1. The van der Waals surface area contributed by atoms with Crippen LogP contribution in [0.25, 0.3) is 0 Å². The molecule has 1 aliphatic rings. The van der Waals surface area contributed by atoms with E-state index >= 15 is 0 Å². The van der Waals surface area contributed by atoms with Crippen molar-refractivity contribution in [2.45, 2.75) is 44.7 Å². The average molecular weight is 302 g/mol. The van der Waals surface area contributed by atoms with Crippen LogP contribution in [0.1, 0.15) is 48.0 Å². The second kappa shape index (κ2) is 6.16. The maximum Gasteiger partial charge on any atom is 0.119 e. The summed E-state index contributed by atoms with van der Waals surface area (Å²) in [5.41, 5.74) is 2.51. The van der Waals surface area contributed by atoms with E-state index in [1.54, 1.807) is 18.4 Å². The first-order chi connectivity index (χ1) is 10.2. The zero-order valence-corrected chi connectivity index (χ0v) is 13.6. The molecule has 0 saturated heterocycles. The number of benzene rings is 1. The molecule has 1 saturated carbocycles. The Morgan fingerprint density at radius 2 is 2.19 bits per heavy atom. The smallest absolute Gasteiger partial charge is 0.119 e. The van der Waals surface area contributed by atoms with Gasteiger partial charge in [-0.3, -0.25) is 0 Å². The van der Waals surface area contributed by atoms with Gasteiger partial charge in [-0.2, -0.15) is 0 Å². The normalized spacial score (nSPS) is 22.6. The fourth-order valence-corrected chi connectivity index (χ4v) is 3.73. The largest absolute Gasteiger partial charge is 0.497 e. The van der Waals surface area contributed by atoms with E-state index in [9.17, 15) is 0 Å². The number of nitrogens with zero attached hydrogens (tertiary/aromatic N) is 1. The lowest BCUT2D eigenvalue weighted by atomic mass is 9.75. The second-order valence-corrected chi connectivity index (χ2v) is 6.75. The molecule has 1 fully saturated rings. The Kier molecular flexibility index (Phi) is 4.27. The quantitative estimate of drug-likeness (QED) is 0.904. The van der Waals surface area contributed by atoms with Crippen molar-refractivity contribution in [3.63, 3.8) is 0 Å². The van der Waals surface area contributed by atoms with Gasteiger partial charge in [-0.05, 0) is 50.3 Å². The Balaban J connectivity index is 1.53. The number of aromatic nitrogens is 1. The second-order valence-electron chi connectivity index (χ2n) is 5.86. The summed E-state index contributed by atoms with van der Waals surface area (Å²) in [6.07, 6.45) is 2.39. The van der Waals surface area contributed by atoms with Crippen LogP contribution < -0.4 is 10.1 Å². The van der Waals surface area contributed by atoms with E-state index in [0.29, 0.717) is 18.0 Å². The molecule has 0 radical (unpaired) electrons. The Hall–Kier alpha value is -1.39. The predicted octanol–water partition coefficient (Wildman–Crippen LogP) is 4.06. The van der Waals surface area contributed by atoms with E-state index < -0.39 is 0 Å². The molecule has 0 spiro atoms. The van der Waals surface area contributed by atoms with E-state index in [-0.39, 0.29) is 0 Å². The van der Waals surface area contributed by atoms with E-state index in [1.807, 2.05) is 6.07 Å². The van der Waals surface area contributed by atoms with Gasteiger partial charge in [0.1, 0.15) is 10.8 Å². The van der Waals surface area contributed by atoms with Crippen LogP contribution in [0.5, 0.6) is 5.75 Å². The number of hydrogen-bond acceptors (Lipinski definition) is 4. The van der Waals surface area contributed by atoms with Crippen LogP contribution in [0.15, 0.2) is 29.6 Å². The summed E-state index contributed by atoms with van der Waals surface area (Å²) in [5, 5.41) is 7.00. The van der Waals surface area contributed by atoms with Gasteiger partial charge < -0.3 is 10.1 Å². The third kappa shape index (κ3) is 3.27. The van der Waals surface area contributed by atoms with E-state index in [0.717, 1.165) is 11.4 Å². The van der Waals surface area contributed by atoms with Crippen LogP contribution in [-0.4, -0.2) is 18.1 Å². The molecular weight excluding hydrogens is 280 g/mol. The van der Waals surface area contributed by atoms with Gasteiger partial charge in [-0.15, -0.1) is 11.3 Å². The van der Waals surface area contributed by atoms with Crippen molar-refractivity contribution in [1.29, 1.82) is 0 Å². The van der Waals surface area contributed by atoms with Crippen molar-refractivity contribution in [1.82, 2.24) is 10.3 Å². The topological polar surface area (TPSA) is 34.1 Å². The van der Waals surface area contributed by atoms with Gasteiger partial charge in [0.25, 0.3) is 0 Å². The minimum absolute atomic E-state index is 0.347. The summed E-state index contributed by atoms with van der Waals surface area (Å²) in [6.45, 7) is 4.26. The molecule has 1 aliphatic carbocycles. The molecule has 1 aromatic heterocycles. The van der Waals surface area contributed by atoms with Crippen molar-refractivity contribution in [2.24, 2.45) is 0 Å². The standard InChI is InChI=1S/C17H22N2OS/c1-11-10-21-17(18-11)12(2)19-15-7-14(8-15)13-5-4-6-16(9-13)20-3/h4-6,9-10,12,14-15,19H,7-8H2,1-3H3. The van der Waals surface area contributed by atoms with Crippen LogP contribution in [0.3, 0.4) is 0 Å². The Labute approximate surface area is 130 Å². The van der Waals surface area contributed by atoms with Crippen LogP contribution in [0, 0.1) is 6.92 Å². The molecule has 112 valence electrons. The van der Waals surface area contributed by atoms with Gasteiger partial charge in [0.2, 0.25) is 0 Å². The lowest BCUT2D eigenvalue weighted by Crippen LogP contribution is -2.41. The van der Waals surface area contributed by atoms with Gasteiger partial charge in [-0.25, -0.2) is 4.98 Å². The molecule has 3 nitrogen and oxygen atoms in total.